The first-order chi connectivity index (χ1) is 12.0. The molecule has 0 aliphatic heterocycles. The molecule has 2 rings (SSSR count). The number of hydrogen-bond donors (Lipinski definition) is 0. The molecule has 2 aromatic carbocycles. The van der Waals surface area contributed by atoms with E-state index in [2.05, 4.69) is 15.9 Å². The summed E-state index contributed by atoms with van der Waals surface area (Å²) in [5.74, 6) is -0.0745. The molecule has 0 amide bonds. The van der Waals surface area contributed by atoms with Crippen molar-refractivity contribution in [2.24, 2.45) is 0 Å². The molecular formula is C19H19BrN2O3. The average molecular weight is 403 g/mol. The van der Waals surface area contributed by atoms with Crippen LogP contribution in [0.3, 0.4) is 0 Å². The van der Waals surface area contributed by atoms with Crippen molar-refractivity contribution in [3.8, 4) is 0 Å². The van der Waals surface area contributed by atoms with Crippen LogP contribution < -0.4 is 0 Å². The molecule has 2 aromatic rings. The molecule has 0 unspecified atom stereocenters. The highest BCUT2D eigenvalue weighted by atomic mass is 79.9. The van der Waals surface area contributed by atoms with E-state index < -0.39 is 4.92 Å². The summed E-state index contributed by atoms with van der Waals surface area (Å²) in [4.78, 5) is 25.3. The van der Waals surface area contributed by atoms with Crippen molar-refractivity contribution in [1.29, 1.82) is 0 Å². The number of halogens is 1. The van der Waals surface area contributed by atoms with Crippen molar-refractivity contribution < 1.29 is 9.72 Å². The summed E-state index contributed by atoms with van der Waals surface area (Å²) in [5, 5.41) is 10.8. The van der Waals surface area contributed by atoms with Gasteiger partial charge in [-0.05, 0) is 61.9 Å². The van der Waals surface area contributed by atoms with Crippen LogP contribution in [-0.4, -0.2) is 28.7 Å². The minimum absolute atomic E-state index is 0.0285. The Morgan fingerprint density at radius 1 is 1.08 bits per heavy atom. The van der Waals surface area contributed by atoms with E-state index in [1.54, 1.807) is 30.3 Å². The lowest BCUT2D eigenvalue weighted by atomic mass is 10.0. The molecule has 130 valence electrons. The first-order valence-corrected chi connectivity index (χ1v) is 8.77. The highest BCUT2D eigenvalue weighted by molar-refractivity contribution is 9.10. The number of non-ortho nitro benzene ring substituents is 1. The second kappa shape index (κ2) is 8.58. The SMILES string of the molecule is CCN(CC)C(=Cc1ccc([N+](=O)[O-])cc1)C(=O)c1ccc(Br)cc1. The van der Waals surface area contributed by atoms with Crippen LogP contribution in [0.1, 0.15) is 29.8 Å². The van der Waals surface area contributed by atoms with E-state index in [1.807, 2.05) is 30.9 Å². The highest BCUT2D eigenvalue weighted by Crippen LogP contribution is 2.20. The molecule has 0 N–H and O–H groups in total. The standard InChI is InChI=1S/C19H19BrN2O3/c1-3-21(4-2)18(19(23)15-7-9-16(20)10-8-15)13-14-5-11-17(12-6-14)22(24)25/h5-13H,3-4H2,1-2H3. The normalized spacial score (nSPS) is 11.2. The summed E-state index contributed by atoms with van der Waals surface area (Å²) in [6.45, 7) is 5.36. The molecule has 0 saturated carbocycles. The van der Waals surface area contributed by atoms with Crippen molar-refractivity contribution in [2.45, 2.75) is 13.8 Å². The number of nitro benzene ring substituents is 1. The molecule has 0 bridgehead atoms. The summed E-state index contributed by atoms with van der Waals surface area (Å²) in [5.41, 5.74) is 1.95. The van der Waals surface area contributed by atoms with Crippen LogP contribution in [0.5, 0.6) is 0 Å². The third-order valence-corrected chi connectivity index (χ3v) is 4.38. The van der Waals surface area contributed by atoms with Crippen molar-refractivity contribution in [3.63, 3.8) is 0 Å². The Labute approximate surface area is 155 Å². The third-order valence-electron chi connectivity index (χ3n) is 3.85. The van der Waals surface area contributed by atoms with Gasteiger partial charge in [-0.3, -0.25) is 14.9 Å². The number of carbonyl (C=O) groups excluding carboxylic acids is 1. The van der Waals surface area contributed by atoms with Crippen LogP contribution in [0.4, 0.5) is 5.69 Å². The van der Waals surface area contributed by atoms with Crippen LogP contribution in [0.25, 0.3) is 6.08 Å². The van der Waals surface area contributed by atoms with E-state index in [1.165, 1.54) is 12.1 Å². The molecule has 0 atom stereocenters. The van der Waals surface area contributed by atoms with Crippen molar-refractivity contribution in [3.05, 3.63) is 79.9 Å². The topological polar surface area (TPSA) is 63.4 Å². The summed E-state index contributed by atoms with van der Waals surface area (Å²) >= 11 is 3.37. The summed E-state index contributed by atoms with van der Waals surface area (Å²) < 4.78 is 0.910. The second-order valence-corrected chi connectivity index (χ2v) is 6.30. The molecule has 0 spiro atoms. The largest absolute Gasteiger partial charge is 0.369 e. The van der Waals surface area contributed by atoms with Gasteiger partial charge in [0.1, 0.15) is 0 Å². The van der Waals surface area contributed by atoms with Crippen molar-refractivity contribution >= 4 is 33.5 Å². The smallest absolute Gasteiger partial charge is 0.269 e. The van der Waals surface area contributed by atoms with Crippen molar-refractivity contribution in [1.82, 2.24) is 4.90 Å². The van der Waals surface area contributed by atoms with Gasteiger partial charge in [-0.2, -0.15) is 0 Å². The molecule has 5 nitrogen and oxygen atoms in total. The van der Waals surface area contributed by atoms with Gasteiger partial charge in [0.05, 0.1) is 10.6 Å². The van der Waals surface area contributed by atoms with E-state index >= 15 is 0 Å². The number of carbonyl (C=O) groups is 1. The van der Waals surface area contributed by atoms with Crippen LogP contribution in [0, 0.1) is 10.1 Å². The first-order valence-electron chi connectivity index (χ1n) is 7.97. The third kappa shape index (κ3) is 4.76. The molecule has 25 heavy (non-hydrogen) atoms. The second-order valence-electron chi connectivity index (χ2n) is 5.39. The number of ketones is 1. The fraction of sp³-hybridized carbons (Fsp3) is 0.211. The number of nitro groups is 1. The molecule has 0 heterocycles. The summed E-state index contributed by atoms with van der Waals surface area (Å²) in [6, 6.07) is 13.4. The highest BCUT2D eigenvalue weighted by Gasteiger charge is 2.17. The van der Waals surface area contributed by atoms with E-state index in [9.17, 15) is 14.9 Å². The molecular weight excluding hydrogens is 384 g/mol. The van der Waals surface area contributed by atoms with Crippen LogP contribution >= 0.6 is 15.9 Å². The Balaban J connectivity index is 2.42. The van der Waals surface area contributed by atoms with Gasteiger partial charge in [-0.15, -0.1) is 0 Å². The number of likely N-dealkylation sites (N-methyl/N-ethyl adjacent to an activating group) is 1. The fourth-order valence-corrected chi connectivity index (χ4v) is 2.73. The molecule has 0 aromatic heterocycles. The lowest BCUT2D eigenvalue weighted by Gasteiger charge is -2.23. The summed E-state index contributed by atoms with van der Waals surface area (Å²) in [6.07, 6.45) is 1.78. The minimum Gasteiger partial charge on any atom is -0.369 e. The maximum absolute atomic E-state index is 13.0. The Hall–Kier alpha value is -2.47. The average Bonchev–Trinajstić information content (AvgIpc) is 2.62. The predicted octanol–water partition coefficient (Wildman–Crippen LogP) is 4.92. The Kier molecular flexibility index (Phi) is 6.47. The quantitative estimate of drug-likeness (QED) is 0.285. The van der Waals surface area contributed by atoms with E-state index in [0.29, 0.717) is 24.4 Å². The van der Waals surface area contributed by atoms with Crippen molar-refractivity contribution in [2.75, 3.05) is 13.1 Å². The number of nitrogens with zero attached hydrogens (tertiary/aromatic N) is 2. The van der Waals surface area contributed by atoms with Gasteiger partial charge >= 0.3 is 0 Å². The van der Waals surface area contributed by atoms with Crippen LogP contribution in [-0.2, 0) is 0 Å². The molecule has 0 radical (unpaired) electrons. The first kappa shape index (κ1) is 18.9. The summed E-state index contributed by atoms with van der Waals surface area (Å²) in [7, 11) is 0. The molecule has 0 fully saturated rings. The zero-order chi connectivity index (χ0) is 18.4. The number of Topliss-reactive ketones (excluding diaryl/α,β-unsaturated/α-hetero) is 1. The minimum atomic E-state index is -0.439. The van der Waals surface area contributed by atoms with E-state index in [4.69, 9.17) is 0 Å². The van der Waals surface area contributed by atoms with E-state index in [0.717, 1.165) is 10.0 Å². The Morgan fingerprint density at radius 2 is 1.64 bits per heavy atom. The Bertz CT molecular complexity index is 779. The molecule has 0 saturated heterocycles. The van der Waals surface area contributed by atoms with Gasteiger partial charge in [-0.25, -0.2) is 0 Å². The lowest BCUT2D eigenvalue weighted by Crippen LogP contribution is -2.27. The maximum atomic E-state index is 13.0. The van der Waals surface area contributed by atoms with Crippen LogP contribution in [0.15, 0.2) is 58.7 Å². The number of benzene rings is 2. The van der Waals surface area contributed by atoms with E-state index in [-0.39, 0.29) is 11.5 Å². The number of allylic oxidation sites excluding steroid dienone is 1. The lowest BCUT2D eigenvalue weighted by molar-refractivity contribution is -0.384. The fourth-order valence-electron chi connectivity index (χ4n) is 2.46. The van der Waals surface area contributed by atoms with Gasteiger partial charge in [0.15, 0.2) is 0 Å². The molecule has 0 aliphatic rings. The Morgan fingerprint density at radius 3 is 2.12 bits per heavy atom. The van der Waals surface area contributed by atoms with Gasteiger partial charge in [0, 0.05) is 35.3 Å². The number of hydrogen-bond acceptors (Lipinski definition) is 4. The molecule has 6 heteroatoms. The maximum Gasteiger partial charge on any atom is 0.269 e. The number of rotatable bonds is 7. The van der Waals surface area contributed by atoms with Crippen LogP contribution in [0.2, 0.25) is 0 Å². The van der Waals surface area contributed by atoms with Gasteiger partial charge in [0.25, 0.3) is 5.69 Å². The van der Waals surface area contributed by atoms with Gasteiger partial charge in [0.2, 0.25) is 5.78 Å². The predicted molar refractivity (Wildman–Crippen MR) is 102 cm³/mol. The van der Waals surface area contributed by atoms with Gasteiger partial charge in [-0.1, -0.05) is 15.9 Å². The zero-order valence-corrected chi connectivity index (χ0v) is 15.7. The zero-order valence-electron chi connectivity index (χ0n) is 14.1. The molecule has 0 aliphatic carbocycles. The van der Waals surface area contributed by atoms with Gasteiger partial charge < -0.3 is 4.90 Å². The monoisotopic (exact) mass is 402 g/mol.